The predicted molar refractivity (Wildman–Crippen MR) is 71.1 cm³/mol. The van der Waals surface area contributed by atoms with Gasteiger partial charge in [0.15, 0.2) is 5.58 Å². The number of hydrogen-bond donors (Lipinski definition) is 1. The minimum absolute atomic E-state index is 0.551. The summed E-state index contributed by atoms with van der Waals surface area (Å²) in [6, 6.07) is 6.51. The van der Waals surface area contributed by atoms with Gasteiger partial charge in [-0.2, -0.15) is 0 Å². The molecule has 2 aromatic rings. The first kappa shape index (κ1) is 10.3. The first-order valence-corrected chi connectivity index (χ1v) is 6.69. The fraction of sp³-hybridized carbons (Fsp3) is 0.400. The van der Waals surface area contributed by atoms with Crippen molar-refractivity contribution in [3.05, 3.63) is 36.2 Å². The molecule has 0 aromatic carbocycles. The van der Waals surface area contributed by atoms with Crippen molar-refractivity contribution in [2.45, 2.75) is 25.3 Å². The van der Waals surface area contributed by atoms with Gasteiger partial charge >= 0.3 is 0 Å². The van der Waals surface area contributed by atoms with Gasteiger partial charge in [-0.1, -0.05) is 6.08 Å². The van der Waals surface area contributed by atoms with E-state index in [1.165, 1.54) is 18.4 Å². The molecule has 3 heterocycles. The van der Waals surface area contributed by atoms with E-state index in [1.54, 1.807) is 0 Å². The Labute approximate surface area is 106 Å². The van der Waals surface area contributed by atoms with Crippen molar-refractivity contribution in [2.75, 3.05) is 6.54 Å². The Kier molecular flexibility index (Phi) is 2.27. The van der Waals surface area contributed by atoms with Gasteiger partial charge in [0.2, 0.25) is 0 Å². The molecule has 1 aliphatic heterocycles. The first-order chi connectivity index (χ1) is 8.90. The van der Waals surface area contributed by atoms with Gasteiger partial charge in [-0.3, -0.25) is 4.98 Å². The third-order valence-corrected chi connectivity index (χ3v) is 4.17. The monoisotopic (exact) mass is 240 g/mol. The van der Waals surface area contributed by atoms with Crippen LogP contribution in [0.1, 0.15) is 25.0 Å². The van der Waals surface area contributed by atoms with E-state index in [0.29, 0.717) is 6.04 Å². The smallest absolute Gasteiger partial charge is 0.153 e. The number of rotatable bonds is 1. The van der Waals surface area contributed by atoms with Gasteiger partial charge in [0.25, 0.3) is 0 Å². The highest BCUT2D eigenvalue weighted by atomic mass is 16.3. The summed E-state index contributed by atoms with van der Waals surface area (Å²) in [6.07, 6.45) is 7.89. The number of furan rings is 1. The Bertz CT molecular complexity index is 581. The zero-order valence-corrected chi connectivity index (χ0v) is 10.2. The van der Waals surface area contributed by atoms with Gasteiger partial charge in [0.05, 0.1) is 0 Å². The molecule has 1 fully saturated rings. The highest BCUT2D eigenvalue weighted by Gasteiger charge is 2.29. The highest BCUT2D eigenvalue weighted by Crippen LogP contribution is 2.35. The maximum absolute atomic E-state index is 5.90. The lowest BCUT2D eigenvalue weighted by atomic mass is 9.85. The van der Waals surface area contributed by atoms with Gasteiger partial charge in [-0.05, 0) is 49.4 Å². The second-order valence-corrected chi connectivity index (χ2v) is 5.26. The largest absolute Gasteiger partial charge is 0.455 e. The summed E-state index contributed by atoms with van der Waals surface area (Å²) in [5, 5.41) is 3.56. The molecule has 3 heteroatoms. The Balaban J connectivity index is 1.74. The maximum Gasteiger partial charge on any atom is 0.153 e. The van der Waals surface area contributed by atoms with Gasteiger partial charge in [-0.25, -0.2) is 0 Å². The second kappa shape index (κ2) is 3.95. The Hall–Kier alpha value is -1.61. The lowest BCUT2D eigenvalue weighted by Gasteiger charge is -2.23. The minimum atomic E-state index is 0.551. The van der Waals surface area contributed by atoms with E-state index in [2.05, 4.69) is 22.4 Å². The summed E-state index contributed by atoms with van der Waals surface area (Å²) >= 11 is 0. The van der Waals surface area contributed by atoms with Crippen molar-refractivity contribution < 1.29 is 4.42 Å². The van der Waals surface area contributed by atoms with Crippen LogP contribution in [0.25, 0.3) is 16.7 Å². The molecule has 2 aromatic heterocycles. The molecule has 4 rings (SSSR count). The third-order valence-electron chi connectivity index (χ3n) is 4.17. The molecule has 0 radical (unpaired) electrons. The number of nitrogens with zero attached hydrogens (tertiary/aromatic N) is 1. The molecule has 18 heavy (non-hydrogen) atoms. The summed E-state index contributed by atoms with van der Waals surface area (Å²) in [5.74, 6) is 1.83. The molecule has 0 bridgehead atoms. The number of allylic oxidation sites excluding steroid dienone is 1. The van der Waals surface area contributed by atoms with E-state index < -0.39 is 0 Å². The topological polar surface area (TPSA) is 38.1 Å². The van der Waals surface area contributed by atoms with Gasteiger partial charge in [-0.15, -0.1) is 0 Å². The van der Waals surface area contributed by atoms with Crippen molar-refractivity contribution in [3.63, 3.8) is 0 Å². The van der Waals surface area contributed by atoms with Crippen molar-refractivity contribution in [2.24, 2.45) is 5.92 Å². The molecule has 2 atom stereocenters. The van der Waals surface area contributed by atoms with E-state index in [9.17, 15) is 0 Å². The van der Waals surface area contributed by atoms with Crippen LogP contribution in [0.3, 0.4) is 0 Å². The summed E-state index contributed by atoms with van der Waals surface area (Å²) in [7, 11) is 0. The van der Waals surface area contributed by atoms with Gasteiger partial charge < -0.3 is 9.73 Å². The molecule has 0 saturated carbocycles. The quantitative estimate of drug-likeness (QED) is 0.832. The molecule has 1 saturated heterocycles. The Morgan fingerprint density at radius 2 is 2.33 bits per heavy atom. The molecule has 1 N–H and O–H groups in total. The zero-order valence-electron chi connectivity index (χ0n) is 10.2. The van der Waals surface area contributed by atoms with E-state index in [0.717, 1.165) is 35.7 Å². The van der Waals surface area contributed by atoms with Gasteiger partial charge in [0.1, 0.15) is 11.3 Å². The van der Waals surface area contributed by atoms with Crippen LogP contribution in [0, 0.1) is 5.92 Å². The molecule has 0 amide bonds. The van der Waals surface area contributed by atoms with Gasteiger partial charge in [0, 0.05) is 18.3 Å². The van der Waals surface area contributed by atoms with Crippen LogP contribution >= 0.6 is 0 Å². The molecule has 0 unspecified atom stereocenters. The molecule has 0 spiro atoms. The zero-order chi connectivity index (χ0) is 11.9. The second-order valence-electron chi connectivity index (χ2n) is 5.26. The fourth-order valence-electron chi connectivity index (χ4n) is 3.17. The van der Waals surface area contributed by atoms with E-state index in [4.69, 9.17) is 4.42 Å². The fourth-order valence-corrected chi connectivity index (χ4v) is 3.17. The summed E-state index contributed by atoms with van der Waals surface area (Å²) in [5.41, 5.74) is 3.17. The lowest BCUT2D eigenvalue weighted by Crippen LogP contribution is -2.27. The number of nitrogens with one attached hydrogen (secondary N) is 1. The third kappa shape index (κ3) is 1.58. The van der Waals surface area contributed by atoms with Crippen LogP contribution in [0.5, 0.6) is 0 Å². The van der Waals surface area contributed by atoms with E-state index in [-0.39, 0.29) is 0 Å². The maximum atomic E-state index is 5.90. The molecule has 92 valence electrons. The van der Waals surface area contributed by atoms with Crippen molar-refractivity contribution in [1.82, 2.24) is 10.3 Å². The van der Waals surface area contributed by atoms with E-state index >= 15 is 0 Å². The van der Waals surface area contributed by atoms with Crippen LogP contribution in [0.2, 0.25) is 0 Å². The molecule has 2 aliphatic rings. The average molecular weight is 240 g/mol. The number of pyridine rings is 1. The number of fused-ring (bicyclic) bond motifs is 2. The van der Waals surface area contributed by atoms with Crippen LogP contribution in [-0.2, 0) is 0 Å². The molecular weight excluding hydrogens is 224 g/mol. The Morgan fingerprint density at radius 3 is 3.28 bits per heavy atom. The van der Waals surface area contributed by atoms with Crippen LogP contribution in [-0.4, -0.2) is 17.6 Å². The molecular formula is C15H16N2O. The van der Waals surface area contributed by atoms with Crippen LogP contribution in [0.4, 0.5) is 0 Å². The minimum Gasteiger partial charge on any atom is -0.455 e. The molecule has 1 aliphatic carbocycles. The standard InChI is InChI=1S/C15H16N2O/c1-2-14-13(16-6-1)9-15(18-14)11-4-3-10-5-7-17-12(10)8-11/h1-2,6,8-10,12,17H,3-5,7H2/t10-,12-/m1/s1. The van der Waals surface area contributed by atoms with Crippen LogP contribution < -0.4 is 5.32 Å². The summed E-state index contributed by atoms with van der Waals surface area (Å²) in [6.45, 7) is 1.15. The SMILES string of the molecule is C1=C(c2cc3ncccc3o2)CC[C@@H]2CCN[C@H]12. The van der Waals surface area contributed by atoms with Crippen molar-refractivity contribution in [1.29, 1.82) is 0 Å². The average Bonchev–Trinajstić information content (AvgIpc) is 3.04. The van der Waals surface area contributed by atoms with E-state index in [1.807, 2.05) is 18.3 Å². The highest BCUT2D eigenvalue weighted by molar-refractivity contribution is 5.78. The Morgan fingerprint density at radius 1 is 1.33 bits per heavy atom. The number of aromatic nitrogens is 1. The first-order valence-electron chi connectivity index (χ1n) is 6.69. The lowest BCUT2D eigenvalue weighted by molar-refractivity contribution is 0.460. The predicted octanol–water partition coefficient (Wildman–Crippen LogP) is 2.98. The van der Waals surface area contributed by atoms with Crippen molar-refractivity contribution >= 4 is 16.7 Å². The van der Waals surface area contributed by atoms with Crippen molar-refractivity contribution in [3.8, 4) is 0 Å². The summed E-state index contributed by atoms with van der Waals surface area (Å²) < 4.78 is 5.90. The van der Waals surface area contributed by atoms with Crippen LogP contribution in [0.15, 0.2) is 34.9 Å². The molecule has 3 nitrogen and oxygen atoms in total. The normalized spacial score (nSPS) is 27.2. The summed E-state index contributed by atoms with van der Waals surface area (Å²) in [4.78, 5) is 4.33. The number of hydrogen-bond acceptors (Lipinski definition) is 3.